The molecule has 0 aromatic carbocycles. The number of rotatable bonds is 1. The van der Waals surface area contributed by atoms with Crippen molar-refractivity contribution in [2.75, 3.05) is 26.3 Å². The van der Waals surface area contributed by atoms with Crippen LogP contribution in [0.25, 0.3) is 0 Å². The van der Waals surface area contributed by atoms with Crippen molar-refractivity contribution in [3.63, 3.8) is 0 Å². The molecule has 2 fully saturated rings. The van der Waals surface area contributed by atoms with E-state index in [4.69, 9.17) is 4.74 Å². The maximum absolute atomic E-state index is 5.20. The summed E-state index contributed by atoms with van der Waals surface area (Å²) in [4.78, 5) is 2.58. The fourth-order valence-corrected chi connectivity index (χ4v) is 2.35. The van der Waals surface area contributed by atoms with Crippen molar-refractivity contribution in [2.45, 2.75) is 25.0 Å². The molecule has 70 valence electrons. The van der Waals surface area contributed by atoms with Crippen molar-refractivity contribution in [3.8, 4) is 0 Å². The largest absolute Gasteiger partial charge is 0.378 e. The summed E-state index contributed by atoms with van der Waals surface area (Å²) in [5, 5.41) is 0. The third-order valence-corrected chi connectivity index (χ3v) is 4.05. The molecule has 0 aromatic heterocycles. The molecular formula is C9H18NOP. The Balaban J connectivity index is 1.84. The number of piperidine rings is 1. The number of likely N-dealkylation sites (tertiary alicyclic amines) is 1. The molecule has 3 unspecified atom stereocenters. The molecular weight excluding hydrogens is 169 g/mol. The first-order valence-corrected chi connectivity index (χ1v) is 5.51. The van der Waals surface area contributed by atoms with Crippen LogP contribution in [0.3, 0.4) is 0 Å². The van der Waals surface area contributed by atoms with Crippen LogP contribution in [-0.4, -0.2) is 42.9 Å². The van der Waals surface area contributed by atoms with Crippen molar-refractivity contribution < 1.29 is 4.74 Å². The van der Waals surface area contributed by atoms with Gasteiger partial charge in [-0.05, 0) is 24.5 Å². The van der Waals surface area contributed by atoms with Crippen LogP contribution in [0, 0.1) is 5.92 Å². The van der Waals surface area contributed by atoms with Crippen LogP contribution in [0.1, 0.15) is 13.3 Å². The highest BCUT2D eigenvalue weighted by Crippen LogP contribution is 2.26. The van der Waals surface area contributed by atoms with Crippen LogP contribution in [0.4, 0.5) is 0 Å². The number of ether oxygens (including phenoxy) is 1. The number of hydrogen-bond donors (Lipinski definition) is 0. The Kier molecular flexibility index (Phi) is 2.69. The van der Waals surface area contributed by atoms with Gasteiger partial charge in [-0.1, -0.05) is 6.92 Å². The quantitative estimate of drug-likeness (QED) is 0.567. The molecule has 12 heavy (non-hydrogen) atoms. The lowest BCUT2D eigenvalue weighted by Crippen LogP contribution is -2.54. The fourth-order valence-electron chi connectivity index (χ4n) is 1.89. The third kappa shape index (κ3) is 1.66. The topological polar surface area (TPSA) is 12.5 Å². The molecule has 0 N–H and O–H groups in total. The predicted octanol–water partition coefficient (Wildman–Crippen LogP) is 0.971. The maximum atomic E-state index is 5.20. The van der Waals surface area contributed by atoms with Crippen LogP contribution in [0.2, 0.25) is 0 Å². The van der Waals surface area contributed by atoms with Crippen LogP contribution in [0.5, 0.6) is 0 Å². The molecule has 2 heterocycles. The van der Waals surface area contributed by atoms with E-state index in [0.717, 1.165) is 30.8 Å². The Labute approximate surface area is 76.9 Å². The SMILES string of the molecule is CC1CCN(C2COC2)CC1P. The third-order valence-electron chi connectivity index (χ3n) is 3.18. The molecule has 0 aromatic rings. The highest BCUT2D eigenvalue weighted by Gasteiger charge is 2.31. The van der Waals surface area contributed by atoms with E-state index in [1.54, 1.807) is 0 Å². The second-order valence-corrected chi connectivity index (χ2v) is 4.97. The first-order valence-electron chi connectivity index (χ1n) is 4.85. The van der Waals surface area contributed by atoms with E-state index in [1.807, 2.05) is 0 Å². The van der Waals surface area contributed by atoms with Gasteiger partial charge in [-0.15, -0.1) is 9.24 Å². The zero-order valence-electron chi connectivity index (χ0n) is 7.70. The summed E-state index contributed by atoms with van der Waals surface area (Å²) in [7, 11) is 2.98. The van der Waals surface area contributed by atoms with Crippen LogP contribution < -0.4 is 0 Å². The van der Waals surface area contributed by atoms with Gasteiger partial charge in [0.2, 0.25) is 0 Å². The molecule has 0 spiro atoms. The summed E-state index contributed by atoms with van der Waals surface area (Å²) in [5.74, 6) is 0.882. The Bertz CT molecular complexity index is 161. The fraction of sp³-hybridized carbons (Fsp3) is 1.00. The van der Waals surface area contributed by atoms with E-state index in [-0.39, 0.29) is 0 Å². The Hall–Kier alpha value is 0.350. The molecule has 0 amide bonds. The molecule has 0 bridgehead atoms. The summed E-state index contributed by atoms with van der Waals surface area (Å²) in [6.45, 7) is 6.81. The van der Waals surface area contributed by atoms with Crippen LogP contribution >= 0.6 is 9.24 Å². The second kappa shape index (κ2) is 3.61. The first-order chi connectivity index (χ1) is 5.77. The van der Waals surface area contributed by atoms with Gasteiger partial charge in [-0.25, -0.2) is 0 Å². The van der Waals surface area contributed by atoms with E-state index in [9.17, 15) is 0 Å². The summed E-state index contributed by atoms with van der Waals surface area (Å²) < 4.78 is 5.20. The summed E-state index contributed by atoms with van der Waals surface area (Å²) in [5.41, 5.74) is 0.791. The van der Waals surface area contributed by atoms with Crippen LogP contribution in [0.15, 0.2) is 0 Å². The predicted molar refractivity (Wildman–Crippen MR) is 53.5 cm³/mol. The van der Waals surface area contributed by atoms with Gasteiger partial charge >= 0.3 is 0 Å². The van der Waals surface area contributed by atoms with E-state index in [2.05, 4.69) is 21.1 Å². The smallest absolute Gasteiger partial charge is 0.0645 e. The lowest BCUT2D eigenvalue weighted by Gasteiger charge is -2.43. The molecule has 2 aliphatic heterocycles. The molecule has 2 saturated heterocycles. The Morgan fingerprint density at radius 2 is 2.17 bits per heavy atom. The Morgan fingerprint density at radius 3 is 2.67 bits per heavy atom. The minimum absolute atomic E-state index is 0.737. The minimum atomic E-state index is 0.737. The van der Waals surface area contributed by atoms with Crippen molar-refractivity contribution in [1.82, 2.24) is 4.90 Å². The average Bonchev–Trinajstić information content (AvgIpc) is 1.93. The number of hydrogen-bond acceptors (Lipinski definition) is 2. The molecule has 2 rings (SSSR count). The lowest BCUT2D eigenvalue weighted by atomic mass is 9.97. The molecule has 0 aliphatic carbocycles. The van der Waals surface area contributed by atoms with Gasteiger partial charge in [0, 0.05) is 6.54 Å². The van der Waals surface area contributed by atoms with Crippen LogP contribution in [-0.2, 0) is 4.74 Å². The molecule has 3 atom stereocenters. The normalized spacial score (nSPS) is 39.5. The van der Waals surface area contributed by atoms with E-state index in [1.165, 1.54) is 19.5 Å². The maximum Gasteiger partial charge on any atom is 0.0645 e. The van der Waals surface area contributed by atoms with E-state index < -0.39 is 0 Å². The molecule has 0 saturated carbocycles. The molecule has 2 aliphatic rings. The van der Waals surface area contributed by atoms with Gasteiger partial charge < -0.3 is 4.74 Å². The molecule has 3 heteroatoms. The monoisotopic (exact) mass is 187 g/mol. The van der Waals surface area contributed by atoms with E-state index >= 15 is 0 Å². The zero-order chi connectivity index (χ0) is 8.55. The lowest BCUT2D eigenvalue weighted by molar-refractivity contribution is -0.0722. The average molecular weight is 187 g/mol. The number of nitrogens with zero attached hydrogens (tertiary/aromatic N) is 1. The van der Waals surface area contributed by atoms with Crippen molar-refractivity contribution in [2.24, 2.45) is 5.92 Å². The Morgan fingerprint density at radius 1 is 1.42 bits per heavy atom. The van der Waals surface area contributed by atoms with Crippen molar-refractivity contribution >= 4 is 9.24 Å². The minimum Gasteiger partial charge on any atom is -0.378 e. The van der Waals surface area contributed by atoms with Gasteiger partial charge in [0.05, 0.1) is 19.3 Å². The van der Waals surface area contributed by atoms with Gasteiger partial charge in [0.15, 0.2) is 0 Å². The standard InChI is InChI=1S/C9H18NOP/c1-7-2-3-10(4-9(7)12)8-5-11-6-8/h7-9H,2-6,12H2,1H3. The molecule has 0 radical (unpaired) electrons. The van der Waals surface area contributed by atoms with Gasteiger partial charge in [0.25, 0.3) is 0 Å². The zero-order valence-corrected chi connectivity index (χ0v) is 8.86. The highest BCUT2D eigenvalue weighted by molar-refractivity contribution is 7.17. The van der Waals surface area contributed by atoms with Gasteiger partial charge in [-0.2, -0.15) is 0 Å². The van der Waals surface area contributed by atoms with Crippen molar-refractivity contribution in [1.29, 1.82) is 0 Å². The summed E-state index contributed by atoms with van der Waals surface area (Å²) in [6.07, 6.45) is 1.35. The van der Waals surface area contributed by atoms with Crippen molar-refractivity contribution in [3.05, 3.63) is 0 Å². The van der Waals surface area contributed by atoms with Gasteiger partial charge in [-0.3, -0.25) is 4.90 Å². The second-order valence-electron chi connectivity index (χ2n) is 4.12. The highest BCUT2D eigenvalue weighted by atomic mass is 31.0. The van der Waals surface area contributed by atoms with E-state index in [0.29, 0.717) is 0 Å². The summed E-state index contributed by atoms with van der Waals surface area (Å²) >= 11 is 0. The summed E-state index contributed by atoms with van der Waals surface area (Å²) in [6, 6.07) is 0.737. The van der Waals surface area contributed by atoms with Gasteiger partial charge in [0.1, 0.15) is 0 Å². The first kappa shape index (κ1) is 8.93. The molecule has 2 nitrogen and oxygen atoms in total.